The Morgan fingerprint density at radius 3 is 3.00 bits per heavy atom. The summed E-state index contributed by atoms with van der Waals surface area (Å²) in [4.78, 5) is 0. The molecule has 0 fully saturated rings. The van der Waals surface area contributed by atoms with Gasteiger partial charge in [0.15, 0.2) is 0 Å². The molecule has 0 saturated carbocycles. The third kappa shape index (κ3) is 4.21. The predicted molar refractivity (Wildman–Crippen MR) is 65.8 cm³/mol. The van der Waals surface area contributed by atoms with Crippen LogP contribution in [-0.4, -0.2) is 18.6 Å². The Kier molecular flexibility index (Phi) is 5.91. The zero-order valence-corrected chi connectivity index (χ0v) is 10.1. The van der Waals surface area contributed by atoms with E-state index in [1.807, 2.05) is 17.8 Å². The molecule has 1 aromatic rings. The van der Waals surface area contributed by atoms with E-state index in [0.717, 1.165) is 24.3 Å². The lowest BCUT2D eigenvalue weighted by Crippen LogP contribution is -2.15. The topological polar surface area (TPSA) is 35.8 Å². The fourth-order valence-corrected chi connectivity index (χ4v) is 1.78. The van der Waals surface area contributed by atoms with Crippen LogP contribution < -0.4 is 5.32 Å². The highest BCUT2D eigenvalue weighted by molar-refractivity contribution is 7.98. The summed E-state index contributed by atoms with van der Waals surface area (Å²) in [6.45, 7) is 1.63. The van der Waals surface area contributed by atoms with Crippen LogP contribution in [0.1, 0.15) is 17.5 Å². The molecule has 4 heteroatoms. The molecule has 0 radical (unpaired) electrons. The number of halogens is 1. The molecule has 86 valence electrons. The summed E-state index contributed by atoms with van der Waals surface area (Å²) < 4.78 is 13.0. The predicted octanol–water partition coefficient (Wildman–Crippen LogP) is 2.54. The van der Waals surface area contributed by atoms with E-state index < -0.39 is 5.82 Å². The first-order valence-corrected chi connectivity index (χ1v) is 6.55. The first-order valence-electron chi connectivity index (χ1n) is 5.16. The van der Waals surface area contributed by atoms with Crippen molar-refractivity contribution in [2.24, 2.45) is 0 Å². The molecule has 0 aliphatic carbocycles. The lowest BCUT2D eigenvalue weighted by molar-refractivity contribution is 0.620. The molecule has 1 aromatic carbocycles. The molecule has 0 amide bonds. The molecule has 16 heavy (non-hydrogen) atoms. The van der Waals surface area contributed by atoms with E-state index >= 15 is 0 Å². The summed E-state index contributed by atoms with van der Waals surface area (Å²) in [5.41, 5.74) is 1.06. The van der Waals surface area contributed by atoms with Crippen LogP contribution in [0.15, 0.2) is 18.2 Å². The van der Waals surface area contributed by atoms with Gasteiger partial charge in [-0.05, 0) is 42.7 Å². The molecule has 0 saturated heterocycles. The average molecular weight is 238 g/mol. The second-order valence-electron chi connectivity index (χ2n) is 3.45. The number of nitriles is 1. The Morgan fingerprint density at radius 1 is 1.50 bits per heavy atom. The lowest BCUT2D eigenvalue weighted by Gasteiger charge is -2.04. The molecule has 0 bridgehead atoms. The van der Waals surface area contributed by atoms with Crippen molar-refractivity contribution in [2.45, 2.75) is 13.0 Å². The number of hydrogen-bond donors (Lipinski definition) is 1. The smallest absolute Gasteiger partial charge is 0.140 e. The molecule has 2 nitrogen and oxygen atoms in total. The first-order chi connectivity index (χ1) is 7.77. The summed E-state index contributed by atoms with van der Waals surface area (Å²) >= 11 is 1.82. The van der Waals surface area contributed by atoms with Crippen molar-refractivity contribution < 1.29 is 4.39 Å². The Morgan fingerprint density at radius 2 is 2.31 bits per heavy atom. The molecule has 1 N–H and O–H groups in total. The molecule has 0 aromatic heterocycles. The monoisotopic (exact) mass is 238 g/mol. The van der Waals surface area contributed by atoms with Crippen LogP contribution in [-0.2, 0) is 6.54 Å². The van der Waals surface area contributed by atoms with Crippen LogP contribution in [0.2, 0.25) is 0 Å². The molecule has 0 atom stereocenters. The molecule has 0 spiro atoms. The van der Waals surface area contributed by atoms with E-state index in [2.05, 4.69) is 11.6 Å². The van der Waals surface area contributed by atoms with Crippen molar-refractivity contribution in [2.75, 3.05) is 18.6 Å². The quantitative estimate of drug-likeness (QED) is 0.774. The molecular formula is C12H15FN2S. The Hall–Kier alpha value is -1.05. The second-order valence-corrected chi connectivity index (χ2v) is 4.43. The number of hydrogen-bond acceptors (Lipinski definition) is 3. The summed E-state index contributed by atoms with van der Waals surface area (Å²) in [6.07, 6.45) is 3.20. The van der Waals surface area contributed by atoms with E-state index in [9.17, 15) is 4.39 Å². The summed E-state index contributed by atoms with van der Waals surface area (Å²) in [6, 6.07) is 6.49. The zero-order valence-electron chi connectivity index (χ0n) is 9.29. The third-order valence-electron chi connectivity index (χ3n) is 2.18. The van der Waals surface area contributed by atoms with Crippen molar-refractivity contribution in [3.8, 4) is 6.07 Å². The third-order valence-corrected chi connectivity index (χ3v) is 2.88. The van der Waals surface area contributed by atoms with Gasteiger partial charge in [0.2, 0.25) is 0 Å². The van der Waals surface area contributed by atoms with Gasteiger partial charge in [-0.2, -0.15) is 17.0 Å². The molecule has 0 aliphatic heterocycles. The minimum Gasteiger partial charge on any atom is -0.313 e. The minimum atomic E-state index is -0.450. The Balaban J connectivity index is 2.40. The van der Waals surface area contributed by atoms with E-state index in [-0.39, 0.29) is 5.56 Å². The second kappa shape index (κ2) is 7.26. The van der Waals surface area contributed by atoms with Gasteiger partial charge in [0.1, 0.15) is 11.9 Å². The zero-order chi connectivity index (χ0) is 11.8. The van der Waals surface area contributed by atoms with Gasteiger partial charge in [0.05, 0.1) is 5.56 Å². The molecule has 0 unspecified atom stereocenters. The fraction of sp³-hybridized carbons (Fsp3) is 0.417. The van der Waals surface area contributed by atoms with Crippen molar-refractivity contribution in [1.82, 2.24) is 5.32 Å². The molecule has 0 aliphatic rings. The maximum absolute atomic E-state index is 13.0. The highest BCUT2D eigenvalue weighted by atomic mass is 32.2. The van der Waals surface area contributed by atoms with Gasteiger partial charge < -0.3 is 5.32 Å². The van der Waals surface area contributed by atoms with Crippen LogP contribution in [0.4, 0.5) is 4.39 Å². The number of benzene rings is 1. The van der Waals surface area contributed by atoms with E-state index in [4.69, 9.17) is 5.26 Å². The highest BCUT2D eigenvalue weighted by Crippen LogP contribution is 2.09. The van der Waals surface area contributed by atoms with Gasteiger partial charge in [-0.3, -0.25) is 0 Å². The first kappa shape index (κ1) is 13.0. The minimum absolute atomic E-state index is 0.114. The van der Waals surface area contributed by atoms with E-state index in [1.165, 1.54) is 6.07 Å². The summed E-state index contributed by atoms with van der Waals surface area (Å²) in [5.74, 6) is 0.688. The van der Waals surface area contributed by atoms with Crippen LogP contribution in [0.3, 0.4) is 0 Å². The average Bonchev–Trinajstić information content (AvgIpc) is 2.31. The molecular weight excluding hydrogens is 223 g/mol. The highest BCUT2D eigenvalue weighted by Gasteiger charge is 2.01. The van der Waals surface area contributed by atoms with Crippen LogP contribution in [0.25, 0.3) is 0 Å². The Labute approximate surface area is 99.9 Å². The van der Waals surface area contributed by atoms with Crippen LogP contribution in [0.5, 0.6) is 0 Å². The number of rotatable bonds is 6. The van der Waals surface area contributed by atoms with Gasteiger partial charge in [-0.15, -0.1) is 0 Å². The summed E-state index contributed by atoms with van der Waals surface area (Å²) in [5, 5.41) is 11.9. The number of thioether (sulfide) groups is 1. The standard InChI is InChI=1S/C12H15FN2S/c1-16-6-2-5-15-9-10-3-4-12(13)11(7-10)8-14/h3-4,7,15H,2,5-6,9H2,1H3. The van der Waals surface area contributed by atoms with Gasteiger partial charge in [0, 0.05) is 6.54 Å². The molecule has 1 rings (SSSR count). The SMILES string of the molecule is CSCCCNCc1ccc(F)c(C#N)c1. The van der Waals surface area contributed by atoms with Crippen LogP contribution >= 0.6 is 11.8 Å². The van der Waals surface area contributed by atoms with Crippen LogP contribution in [0, 0.1) is 17.1 Å². The maximum Gasteiger partial charge on any atom is 0.140 e. The van der Waals surface area contributed by atoms with Gasteiger partial charge >= 0.3 is 0 Å². The van der Waals surface area contributed by atoms with Gasteiger partial charge in [-0.25, -0.2) is 4.39 Å². The van der Waals surface area contributed by atoms with Crippen molar-refractivity contribution in [1.29, 1.82) is 5.26 Å². The normalized spacial score (nSPS) is 10.1. The maximum atomic E-state index is 13.0. The van der Waals surface area contributed by atoms with Crippen molar-refractivity contribution >= 4 is 11.8 Å². The number of nitrogens with one attached hydrogen (secondary N) is 1. The van der Waals surface area contributed by atoms with Crippen molar-refractivity contribution in [3.05, 3.63) is 35.1 Å². The Bertz CT molecular complexity index is 374. The van der Waals surface area contributed by atoms with Crippen molar-refractivity contribution in [3.63, 3.8) is 0 Å². The van der Waals surface area contributed by atoms with E-state index in [1.54, 1.807) is 12.1 Å². The van der Waals surface area contributed by atoms with E-state index in [0.29, 0.717) is 6.54 Å². The summed E-state index contributed by atoms with van der Waals surface area (Å²) in [7, 11) is 0. The molecule has 0 heterocycles. The van der Waals surface area contributed by atoms with Gasteiger partial charge in [0.25, 0.3) is 0 Å². The number of nitrogens with zero attached hydrogens (tertiary/aromatic N) is 1. The largest absolute Gasteiger partial charge is 0.313 e. The van der Waals surface area contributed by atoms with Gasteiger partial charge in [-0.1, -0.05) is 6.07 Å². The fourth-order valence-electron chi connectivity index (χ4n) is 1.34. The lowest BCUT2D eigenvalue weighted by atomic mass is 10.1.